The molecule has 1 unspecified atom stereocenters. The highest BCUT2D eigenvalue weighted by Crippen LogP contribution is 2.70. The van der Waals surface area contributed by atoms with E-state index < -0.39 is 0 Å². The third kappa shape index (κ3) is 3.38. The molecule has 1 amide bonds. The zero-order valence-electron chi connectivity index (χ0n) is 18.8. The van der Waals surface area contributed by atoms with Crippen LogP contribution in [0.25, 0.3) is 0 Å². The van der Waals surface area contributed by atoms with Gasteiger partial charge in [0.05, 0.1) is 19.8 Å². The van der Waals surface area contributed by atoms with Gasteiger partial charge in [-0.05, 0) is 59.6 Å². The molecule has 30 heavy (non-hydrogen) atoms. The van der Waals surface area contributed by atoms with Crippen LogP contribution >= 0.6 is 0 Å². The molecule has 1 spiro atoms. The Morgan fingerprint density at radius 2 is 2.03 bits per heavy atom. The second-order valence-electron chi connectivity index (χ2n) is 9.72. The lowest BCUT2D eigenvalue weighted by molar-refractivity contribution is -0.136. The third-order valence-electron chi connectivity index (χ3n) is 7.91. The topological polar surface area (TPSA) is 66.0 Å². The van der Waals surface area contributed by atoms with E-state index in [9.17, 15) is 4.79 Å². The van der Waals surface area contributed by atoms with E-state index in [0.29, 0.717) is 43.2 Å². The Bertz CT molecular complexity index is 794. The fourth-order valence-electron chi connectivity index (χ4n) is 6.54. The Kier molecular flexibility index (Phi) is 5.75. The highest BCUT2D eigenvalue weighted by Gasteiger charge is 2.68. The van der Waals surface area contributed by atoms with Gasteiger partial charge >= 0.3 is 0 Å². The SMILES string of the molecule is COCCOc1ccc([C@H]2OCCC34C[C@@H](C[C@H]23)C(C)(C)[C@@H]4NC(C)=O)cc1OC. The molecule has 1 aliphatic heterocycles. The minimum atomic E-state index is 0.0121. The molecular weight excluding hydrogens is 382 g/mol. The summed E-state index contributed by atoms with van der Waals surface area (Å²) >= 11 is 0. The van der Waals surface area contributed by atoms with Gasteiger partial charge in [-0.3, -0.25) is 4.79 Å². The number of carbonyl (C=O) groups is 1. The zero-order valence-corrected chi connectivity index (χ0v) is 18.8. The van der Waals surface area contributed by atoms with Crippen molar-refractivity contribution in [3.05, 3.63) is 23.8 Å². The number of methoxy groups -OCH3 is 2. The Balaban J connectivity index is 1.62. The van der Waals surface area contributed by atoms with Crippen LogP contribution in [0.4, 0.5) is 0 Å². The molecule has 6 heteroatoms. The van der Waals surface area contributed by atoms with Gasteiger partial charge in [0.25, 0.3) is 0 Å². The molecule has 3 fully saturated rings. The zero-order chi connectivity index (χ0) is 21.5. The second-order valence-corrected chi connectivity index (χ2v) is 9.72. The number of hydrogen-bond donors (Lipinski definition) is 1. The summed E-state index contributed by atoms with van der Waals surface area (Å²) < 4.78 is 22.8. The Hall–Kier alpha value is -1.79. The van der Waals surface area contributed by atoms with Gasteiger partial charge in [-0.15, -0.1) is 0 Å². The van der Waals surface area contributed by atoms with Crippen molar-refractivity contribution >= 4 is 5.91 Å². The summed E-state index contributed by atoms with van der Waals surface area (Å²) in [6.07, 6.45) is 3.33. The van der Waals surface area contributed by atoms with Crippen LogP contribution in [-0.4, -0.2) is 46.0 Å². The number of carbonyl (C=O) groups excluding carboxylic acids is 1. The summed E-state index contributed by atoms with van der Waals surface area (Å²) in [6.45, 7) is 8.01. The van der Waals surface area contributed by atoms with Gasteiger partial charge in [-0.2, -0.15) is 0 Å². The number of amides is 1. The van der Waals surface area contributed by atoms with E-state index in [4.69, 9.17) is 18.9 Å². The molecule has 4 rings (SSSR count). The van der Waals surface area contributed by atoms with Crippen LogP contribution in [0.3, 0.4) is 0 Å². The molecular formula is C24H35NO5. The average molecular weight is 418 g/mol. The van der Waals surface area contributed by atoms with Crippen LogP contribution in [0.2, 0.25) is 0 Å². The molecule has 0 radical (unpaired) electrons. The minimum absolute atomic E-state index is 0.0121. The molecule has 0 aromatic heterocycles. The van der Waals surface area contributed by atoms with Crippen molar-refractivity contribution < 1.29 is 23.7 Å². The molecule has 1 aromatic rings. The molecule has 2 saturated carbocycles. The number of rotatable bonds is 7. The average Bonchev–Trinajstić information content (AvgIpc) is 3.20. The number of ether oxygens (including phenoxy) is 4. The highest BCUT2D eigenvalue weighted by atomic mass is 16.5. The molecule has 3 aliphatic rings. The van der Waals surface area contributed by atoms with Crippen LogP contribution in [0.5, 0.6) is 11.5 Å². The van der Waals surface area contributed by atoms with Crippen LogP contribution in [0.15, 0.2) is 18.2 Å². The van der Waals surface area contributed by atoms with Gasteiger partial charge in [0.1, 0.15) is 6.61 Å². The Morgan fingerprint density at radius 1 is 1.23 bits per heavy atom. The van der Waals surface area contributed by atoms with Crippen molar-refractivity contribution in [1.29, 1.82) is 0 Å². The quantitative estimate of drug-likeness (QED) is 0.685. The third-order valence-corrected chi connectivity index (χ3v) is 7.91. The summed E-state index contributed by atoms with van der Waals surface area (Å²) in [6, 6.07) is 6.31. The fraction of sp³-hybridized carbons (Fsp3) is 0.708. The van der Waals surface area contributed by atoms with Crippen LogP contribution in [0, 0.1) is 22.7 Å². The van der Waals surface area contributed by atoms with Crippen molar-refractivity contribution in [3.8, 4) is 11.5 Å². The normalized spacial score (nSPS) is 33.8. The van der Waals surface area contributed by atoms with Crippen molar-refractivity contribution in [1.82, 2.24) is 5.32 Å². The molecule has 5 atom stereocenters. The lowest BCUT2D eigenvalue weighted by atomic mass is 9.59. The summed E-state index contributed by atoms with van der Waals surface area (Å²) in [5.74, 6) is 2.49. The lowest BCUT2D eigenvalue weighted by Gasteiger charge is -2.53. The van der Waals surface area contributed by atoms with Gasteiger partial charge in [0.2, 0.25) is 5.91 Å². The first-order valence-corrected chi connectivity index (χ1v) is 11.0. The maximum absolute atomic E-state index is 12.0. The first kappa shape index (κ1) is 21.4. The van der Waals surface area contributed by atoms with E-state index in [1.54, 1.807) is 21.1 Å². The maximum atomic E-state index is 12.0. The first-order valence-electron chi connectivity index (χ1n) is 11.0. The van der Waals surface area contributed by atoms with E-state index in [2.05, 4.69) is 31.3 Å². The smallest absolute Gasteiger partial charge is 0.217 e. The molecule has 2 bridgehead atoms. The fourth-order valence-corrected chi connectivity index (χ4v) is 6.54. The molecule has 1 aromatic carbocycles. The van der Waals surface area contributed by atoms with Crippen molar-refractivity contribution in [2.24, 2.45) is 22.7 Å². The van der Waals surface area contributed by atoms with Crippen LogP contribution in [-0.2, 0) is 14.3 Å². The Labute approximate surface area is 179 Å². The largest absolute Gasteiger partial charge is 0.493 e. The molecule has 166 valence electrons. The van der Waals surface area contributed by atoms with Gasteiger partial charge in [-0.1, -0.05) is 19.9 Å². The lowest BCUT2D eigenvalue weighted by Crippen LogP contribution is -2.58. The number of hydrogen-bond acceptors (Lipinski definition) is 5. The van der Waals surface area contributed by atoms with Gasteiger partial charge in [0, 0.05) is 26.7 Å². The minimum Gasteiger partial charge on any atom is -0.493 e. The molecule has 1 saturated heterocycles. The maximum Gasteiger partial charge on any atom is 0.217 e. The number of nitrogens with one attached hydrogen (secondary N) is 1. The highest BCUT2D eigenvalue weighted by molar-refractivity contribution is 5.73. The van der Waals surface area contributed by atoms with Gasteiger partial charge < -0.3 is 24.3 Å². The predicted octanol–water partition coefficient (Wildman–Crippen LogP) is 3.74. The first-order chi connectivity index (χ1) is 14.3. The monoisotopic (exact) mass is 417 g/mol. The van der Waals surface area contributed by atoms with Crippen molar-refractivity contribution in [2.75, 3.05) is 34.0 Å². The summed E-state index contributed by atoms with van der Waals surface area (Å²) in [5, 5.41) is 3.33. The van der Waals surface area contributed by atoms with Crippen LogP contribution < -0.4 is 14.8 Å². The van der Waals surface area contributed by atoms with E-state index >= 15 is 0 Å². The summed E-state index contributed by atoms with van der Waals surface area (Å²) in [4.78, 5) is 12.0. The summed E-state index contributed by atoms with van der Waals surface area (Å²) in [7, 11) is 3.32. The standard InChI is InChI=1S/C24H35NO5/c1-15(26)25-22-23(2,3)17-13-18-21(30-9-8-24(18,22)14-17)16-6-7-19(20(12-16)28-5)29-11-10-27-4/h6-7,12,17-18,21-22H,8-11,13-14H2,1-5H3,(H,25,26)/t17-,18-,21-,22+,24?/m1/s1. The van der Waals surface area contributed by atoms with Gasteiger partial charge in [0.15, 0.2) is 11.5 Å². The van der Waals surface area contributed by atoms with E-state index in [1.807, 2.05) is 6.07 Å². The molecule has 1 heterocycles. The van der Waals surface area contributed by atoms with Gasteiger partial charge in [-0.25, -0.2) is 0 Å². The molecule has 6 nitrogen and oxygen atoms in total. The van der Waals surface area contributed by atoms with E-state index in [0.717, 1.165) is 18.4 Å². The van der Waals surface area contributed by atoms with Crippen molar-refractivity contribution in [3.63, 3.8) is 0 Å². The number of fused-ring (bicyclic) bond motifs is 1. The Morgan fingerprint density at radius 3 is 2.73 bits per heavy atom. The van der Waals surface area contributed by atoms with Crippen LogP contribution in [0.1, 0.15) is 51.7 Å². The van der Waals surface area contributed by atoms with Crippen molar-refractivity contribution in [2.45, 2.75) is 52.2 Å². The number of benzene rings is 1. The van der Waals surface area contributed by atoms with E-state index in [1.165, 1.54) is 6.42 Å². The molecule has 2 aliphatic carbocycles. The second kappa shape index (κ2) is 8.04. The predicted molar refractivity (Wildman–Crippen MR) is 114 cm³/mol. The summed E-state index contributed by atoms with van der Waals surface area (Å²) in [5.41, 5.74) is 1.34. The molecule has 1 N–H and O–H groups in total. The van der Waals surface area contributed by atoms with E-state index in [-0.39, 0.29) is 28.9 Å².